The molecule has 24 heavy (non-hydrogen) atoms. The summed E-state index contributed by atoms with van der Waals surface area (Å²) in [6.07, 6.45) is 5.56. The van der Waals surface area contributed by atoms with Gasteiger partial charge in [0.05, 0.1) is 7.11 Å². The molecule has 128 valence electrons. The molecule has 0 saturated carbocycles. The number of rotatable bonds is 7. The summed E-state index contributed by atoms with van der Waals surface area (Å²) in [7, 11) is 3.49. The van der Waals surface area contributed by atoms with Crippen molar-refractivity contribution in [3.8, 4) is 5.75 Å². The molecule has 2 aromatic rings. The molecule has 0 aliphatic heterocycles. The first-order valence-electron chi connectivity index (χ1n) is 8.20. The number of ether oxygens (including phenoxy) is 1. The van der Waals surface area contributed by atoms with Crippen LogP contribution in [0.5, 0.6) is 5.75 Å². The molecule has 0 saturated heterocycles. The number of hydrogen-bond donors (Lipinski definition) is 2. The van der Waals surface area contributed by atoms with E-state index in [-0.39, 0.29) is 0 Å². The fraction of sp³-hybridized carbons (Fsp3) is 0.368. The van der Waals surface area contributed by atoms with Gasteiger partial charge in [-0.05, 0) is 48.6 Å². The number of hydrogen-bond acceptors (Lipinski definition) is 3. The van der Waals surface area contributed by atoms with Crippen molar-refractivity contribution in [2.24, 2.45) is 4.99 Å². The van der Waals surface area contributed by atoms with Crippen LogP contribution < -0.4 is 15.4 Å². The van der Waals surface area contributed by atoms with Gasteiger partial charge in [0, 0.05) is 32.5 Å². The largest absolute Gasteiger partial charge is 0.496 e. The first kappa shape index (κ1) is 17.8. The van der Waals surface area contributed by atoms with Gasteiger partial charge in [0.1, 0.15) is 5.75 Å². The molecule has 5 heteroatoms. The van der Waals surface area contributed by atoms with Crippen molar-refractivity contribution in [1.82, 2.24) is 15.6 Å². The van der Waals surface area contributed by atoms with E-state index in [1.807, 2.05) is 30.6 Å². The van der Waals surface area contributed by atoms with Gasteiger partial charge >= 0.3 is 0 Å². The van der Waals surface area contributed by atoms with E-state index in [2.05, 4.69) is 39.7 Å². The lowest BCUT2D eigenvalue weighted by atomic mass is 10.1. The Morgan fingerprint density at radius 2 is 1.79 bits per heavy atom. The van der Waals surface area contributed by atoms with Crippen LogP contribution in [-0.2, 0) is 12.8 Å². The van der Waals surface area contributed by atoms with E-state index in [9.17, 15) is 0 Å². The maximum Gasteiger partial charge on any atom is 0.190 e. The van der Waals surface area contributed by atoms with Crippen molar-refractivity contribution >= 4 is 5.96 Å². The van der Waals surface area contributed by atoms with Gasteiger partial charge in [-0.3, -0.25) is 9.98 Å². The molecule has 2 N–H and O–H groups in total. The van der Waals surface area contributed by atoms with Crippen LogP contribution in [0.15, 0.2) is 47.7 Å². The number of pyridine rings is 1. The minimum Gasteiger partial charge on any atom is -0.496 e. The second-order valence-electron chi connectivity index (χ2n) is 5.54. The van der Waals surface area contributed by atoms with Gasteiger partial charge in [0.2, 0.25) is 0 Å². The van der Waals surface area contributed by atoms with Gasteiger partial charge in [0.15, 0.2) is 5.96 Å². The van der Waals surface area contributed by atoms with Crippen LogP contribution in [0.3, 0.4) is 0 Å². The molecular formula is C19H26N4O. The van der Waals surface area contributed by atoms with Crippen LogP contribution in [0.25, 0.3) is 0 Å². The number of methoxy groups -OCH3 is 1. The van der Waals surface area contributed by atoms with E-state index in [1.165, 1.54) is 16.7 Å². The first-order valence-corrected chi connectivity index (χ1v) is 8.20. The zero-order valence-corrected chi connectivity index (χ0v) is 14.7. The Morgan fingerprint density at radius 3 is 2.46 bits per heavy atom. The molecule has 2 rings (SSSR count). The summed E-state index contributed by atoms with van der Waals surface area (Å²) in [5.41, 5.74) is 3.72. The minimum atomic E-state index is 0.800. The molecule has 0 unspecified atom stereocenters. The smallest absolute Gasteiger partial charge is 0.190 e. The number of benzene rings is 1. The molecule has 0 aliphatic rings. The zero-order valence-electron chi connectivity index (χ0n) is 14.7. The summed E-state index contributed by atoms with van der Waals surface area (Å²) in [6, 6.07) is 10.1. The third-order valence-electron chi connectivity index (χ3n) is 3.93. The van der Waals surface area contributed by atoms with Crippen molar-refractivity contribution in [3.63, 3.8) is 0 Å². The molecule has 0 bridgehead atoms. The second kappa shape index (κ2) is 9.55. The number of nitrogens with zero attached hydrogens (tertiary/aromatic N) is 2. The first-order chi connectivity index (χ1) is 11.7. The van der Waals surface area contributed by atoms with Crippen molar-refractivity contribution in [2.75, 3.05) is 27.2 Å². The SMILES string of the molecule is CN=C(NCCc1ccncc1C)NCCc1ccccc1OC. The number of nitrogens with one attached hydrogen (secondary N) is 2. The predicted octanol–water partition coefficient (Wildman–Crippen LogP) is 2.35. The molecule has 0 spiro atoms. The van der Waals surface area contributed by atoms with E-state index < -0.39 is 0 Å². The average molecular weight is 326 g/mol. The Morgan fingerprint density at radius 1 is 1.08 bits per heavy atom. The Kier molecular flexibility index (Phi) is 7.08. The molecule has 1 heterocycles. The molecule has 1 aromatic carbocycles. The van der Waals surface area contributed by atoms with Crippen LogP contribution >= 0.6 is 0 Å². The Bertz CT molecular complexity index is 670. The highest BCUT2D eigenvalue weighted by atomic mass is 16.5. The van der Waals surface area contributed by atoms with Gasteiger partial charge in [-0.25, -0.2) is 0 Å². The number of aromatic nitrogens is 1. The highest BCUT2D eigenvalue weighted by Gasteiger charge is 2.03. The van der Waals surface area contributed by atoms with E-state index in [1.54, 1.807) is 14.2 Å². The lowest BCUT2D eigenvalue weighted by molar-refractivity contribution is 0.409. The van der Waals surface area contributed by atoms with Crippen LogP contribution in [0.2, 0.25) is 0 Å². The molecule has 0 radical (unpaired) electrons. The highest BCUT2D eigenvalue weighted by Crippen LogP contribution is 2.17. The van der Waals surface area contributed by atoms with Crippen LogP contribution in [0, 0.1) is 6.92 Å². The van der Waals surface area contributed by atoms with E-state index in [0.29, 0.717) is 0 Å². The van der Waals surface area contributed by atoms with Gasteiger partial charge < -0.3 is 15.4 Å². The quantitative estimate of drug-likeness (QED) is 0.606. The minimum absolute atomic E-state index is 0.800. The molecule has 5 nitrogen and oxygen atoms in total. The molecule has 0 atom stereocenters. The second-order valence-corrected chi connectivity index (χ2v) is 5.54. The molecule has 1 aromatic heterocycles. The summed E-state index contributed by atoms with van der Waals surface area (Å²) in [4.78, 5) is 8.39. The Hall–Kier alpha value is -2.56. The fourth-order valence-corrected chi connectivity index (χ4v) is 2.54. The molecule has 0 fully saturated rings. The van der Waals surface area contributed by atoms with E-state index >= 15 is 0 Å². The third-order valence-corrected chi connectivity index (χ3v) is 3.93. The zero-order chi connectivity index (χ0) is 17.2. The maximum atomic E-state index is 5.38. The van der Waals surface area contributed by atoms with Gasteiger partial charge in [-0.2, -0.15) is 0 Å². The summed E-state index contributed by atoms with van der Waals surface area (Å²) in [6.45, 7) is 3.72. The van der Waals surface area contributed by atoms with Crippen molar-refractivity contribution in [2.45, 2.75) is 19.8 Å². The highest BCUT2D eigenvalue weighted by molar-refractivity contribution is 5.79. The number of para-hydroxylation sites is 1. The lowest BCUT2D eigenvalue weighted by Crippen LogP contribution is -2.39. The standard InChI is InChI=1S/C19H26N4O/c1-15-14-21-11-8-16(15)9-12-22-19(20-2)23-13-10-17-6-4-5-7-18(17)24-3/h4-8,11,14H,9-10,12-13H2,1-3H3,(H2,20,22,23). The third kappa shape index (κ3) is 5.26. The van der Waals surface area contributed by atoms with Crippen LogP contribution in [0.4, 0.5) is 0 Å². The molecular weight excluding hydrogens is 300 g/mol. The molecule has 0 amide bonds. The monoisotopic (exact) mass is 326 g/mol. The van der Waals surface area contributed by atoms with Crippen molar-refractivity contribution in [1.29, 1.82) is 0 Å². The van der Waals surface area contributed by atoms with Crippen LogP contribution in [0.1, 0.15) is 16.7 Å². The number of guanidine groups is 1. The van der Waals surface area contributed by atoms with E-state index in [0.717, 1.165) is 37.6 Å². The Labute approximate surface area is 144 Å². The van der Waals surface area contributed by atoms with Crippen molar-refractivity contribution < 1.29 is 4.74 Å². The molecule has 0 aliphatic carbocycles. The summed E-state index contributed by atoms with van der Waals surface area (Å²) < 4.78 is 5.38. The van der Waals surface area contributed by atoms with Gasteiger partial charge in [0.25, 0.3) is 0 Å². The number of aryl methyl sites for hydroxylation is 1. The Balaban J connectivity index is 1.76. The predicted molar refractivity (Wildman–Crippen MR) is 98.7 cm³/mol. The summed E-state index contributed by atoms with van der Waals surface area (Å²) >= 11 is 0. The topological polar surface area (TPSA) is 58.5 Å². The average Bonchev–Trinajstić information content (AvgIpc) is 2.62. The van der Waals surface area contributed by atoms with E-state index in [4.69, 9.17) is 4.74 Å². The van der Waals surface area contributed by atoms with Crippen LogP contribution in [-0.4, -0.2) is 38.2 Å². The van der Waals surface area contributed by atoms with Gasteiger partial charge in [-0.1, -0.05) is 18.2 Å². The number of aliphatic imine (C=N–C) groups is 1. The maximum absolute atomic E-state index is 5.38. The normalized spacial score (nSPS) is 11.2. The summed E-state index contributed by atoms with van der Waals surface area (Å²) in [5.74, 6) is 1.74. The lowest BCUT2D eigenvalue weighted by Gasteiger charge is -2.13. The van der Waals surface area contributed by atoms with Crippen molar-refractivity contribution in [3.05, 3.63) is 59.4 Å². The van der Waals surface area contributed by atoms with Gasteiger partial charge in [-0.15, -0.1) is 0 Å². The fourth-order valence-electron chi connectivity index (χ4n) is 2.54. The summed E-state index contributed by atoms with van der Waals surface area (Å²) in [5, 5.41) is 6.69.